The summed E-state index contributed by atoms with van der Waals surface area (Å²) in [4.78, 5) is 13.4. The van der Waals surface area contributed by atoms with E-state index >= 15 is 0 Å². The van der Waals surface area contributed by atoms with Crippen LogP contribution >= 0.6 is 0 Å². The van der Waals surface area contributed by atoms with Crippen LogP contribution in [0, 0.1) is 0 Å². The lowest BCUT2D eigenvalue weighted by molar-refractivity contribution is -0.132. The van der Waals surface area contributed by atoms with Gasteiger partial charge in [-0.2, -0.15) is 5.10 Å². The second-order valence-electron chi connectivity index (χ2n) is 3.85. The van der Waals surface area contributed by atoms with E-state index in [4.69, 9.17) is 5.73 Å². The maximum Gasteiger partial charge on any atom is 0.244 e. The Hall–Kier alpha value is -1.36. The minimum Gasteiger partial charge on any atom is -0.342 e. The first-order chi connectivity index (χ1) is 7.04. The highest BCUT2D eigenvalue weighted by Gasteiger charge is 2.12. The molecule has 0 atom stereocenters. The van der Waals surface area contributed by atoms with Gasteiger partial charge in [0.05, 0.1) is 6.20 Å². The molecule has 5 heteroatoms. The van der Waals surface area contributed by atoms with E-state index in [2.05, 4.69) is 5.10 Å². The van der Waals surface area contributed by atoms with Gasteiger partial charge in [-0.25, -0.2) is 0 Å². The van der Waals surface area contributed by atoms with Gasteiger partial charge < -0.3 is 10.6 Å². The van der Waals surface area contributed by atoms with Crippen LogP contribution in [-0.2, 0) is 17.9 Å². The third kappa shape index (κ3) is 3.06. The van der Waals surface area contributed by atoms with Crippen molar-refractivity contribution in [2.24, 2.45) is 5.73 Å². The maximum absolute atomic E-state index is 11.7. The Kier molecular flexibility index (Phi) is 3.85. The molecule has 1 aromatic heterocycles. The van der Waals surface area contributed by atoms with Crippen LogP contribution in [0.1, 0.15) is 19.4 Å². The summed E-state index contributed by atoms with van der Waals surface area (Å²) in [5.41, 5.74) is 6.39. The van der Waals surface area contributed by atoms with Gasteiger partial charge in [0.15, 0.2) is 0 Å². The molecule has 84 valence electrons. The van der Waals surface area contributed by atoms with E-state index in [1.54, 1.807) is 29.0 Å². The van der Waals surface area contributed by atoms with Gasteiger partial charge in [0, 0.05) is 31.4 Å². The van der Waals surface area contributed by atoms with Gasteiger partial charge in [0.1, 0.15) is 6.54 Å². The zero-order valence-corrected chi connectivity index (χ0v) is 9.47. The molecule has 0 saturated heterocycles. The third-order valence-corrected chi connectivity index (χ3v) is 2.39. The van der Waals surface area contributed by atoms with Gasteiger partial charge in [-0.05, 0) is 13.8 Å². The van der Waals surface area contributed by atoms with Crippen molar-refractivity contribution in [2.45, 2.75) is 33.0 Å². The molecular weight excluding hydrogens is 192 g/mol. The van der Waals surface area contributed by atoms with Crippen LogP contribution < -0.4 is 5.73 Å². The highest BCUT2D eigenvalue weighted by atomic mass is 16.2. The monoisotopic (exact) mass is 210 g/mol. The number of amides is 1. The zero-order chi connectivity index (χ0) is 11.4. The van der Waals surface area contributed by atoms with Gasteiger partial charge in [-0.3, -0.25) is 9.48 Å². The lowest BCUT2D eigenvalue weighted by Crippen LogP contribution is -2.35. The molecule has 0 spiro atoms. The molecule has 1 rings (SSSR count). The van der Waals surface area contributed by atoms with Crippen LogP contribution in [-0.4, -0.2) is 33.7 Å². The lowest BCUT2D eigenvalue weighted by atomic mass is 10.3. The second kappa shape index (κ2) is 4.93. The van der Waals surface area contributed by atoms with Gasteiger partial charge in [-0.15, -0.1) is 0 Å². The molecular formula is C10H18N4O. The van der Waals surface area contributed by atoms with Crippen molar-refractivity contribution in [2.75, 3.05) is 7.05 Å². The minimum absolute atomic E-state index is 0.0525. The van der Waals surface area contributed by atoms with Gasteiger partial charge >= 0.3 is 0 Å². The highest BCUT2D eigenvalue weighted by molar-refractivity contribution is 5.75. The molecule has 0 aromatic carbocycles. The number of carbonyl (C=O) groups is 1. The molecule has 2 N–H and O–H groups in total. The Bertz CT molecular complexity index is 332. The van der Waals surface area contributed by atoms with E-state index in [-0.39, 0.29) is 18.5 Å². The standard InChI is InChI=1S/C10H18N4O/c1-8(2)13(3)10(15)7-14-6-9(4-11)5-12-14/h5-6,8H,4,7,11H2,1-3H3. The largest absolute Gasteiger partial charge is 0.342 e. The van der Waals surface area contributed by atoms with E-state index < -0.39 is 0 Å². The molecule has 1 amide bonds. The molecule has 0 aliphatic carbocycles. The average Bonchev–Trinajstić information content (AvgIpc) is 2.64. The van der Waals surface area contributed by atoms with Crippen LogP contribution in [0.3, 0.4) is 0 Å². The van der Waals surface area contributed by atoms with Crippen LogP contribution in [0.5, 0.6) is 0 Å². The first kappa shape index (κ1) is 11.7. The number of nitrogens with zero attached hydrogens (tertiary/aromatic N) is 3. The number of aromatic nitrogens is 2. The summed E-state index contributed by atoms with van der Waals surface area (Å²) < 4.78 is 1.61. The van der Waals surface area contributed by atoms with Crippen LogP contribution in [0.25, 0.3) is 0 Å². The summed E-state index contributed by atoms with van der Waals surface area (Å²) in [5, 5.41) is 4.06. The van der Waals surface area contributed by atoms with Crippen LogP contribution in [0.4, 0.5) is 0 Å². The molecule has 0 aliphatic heterocycles. The number of carbonyl (C=O) groups excluding carboxylic acids is 1. The lowest BCUT2D eigenvalue weighted by Gasteiger charge is -2.21. The van der Waals surface area contributed by atoms with E-state index in [0.717, 1.165) is 5.56 Å². The quantitative estimate of drug-likeness (QED) is 0.772. The van der Waals surface area contributed by atoms with Gasteiger partial charge in [0.25, 0.3) is 0 Å². The third-order valence-electron chi connectivity index (χ3n) is 2.39. The molecule has 0 bridgehead atoms. The van der Waals surface area contributed by atoms with E-state index in [1.807, 2.05) is 13.8 Å². The highest BCUT2D eigenvalue weighted by Crippen LogP contribution is 1.99. The minimum atomic E-state index is 0.0525. The maximum atomic E-state index is 11.7. The SMILES string of the molecule is CC(C)N(C)C(=O)Cn1cc(CN)cn1. The summed E-state index contributed by atoms with van der Waals surface area (Å²) in [6.45, 7) is 4.68. The number of likely N-dealkylation sites (N-methyl/N-ethyl adjacent to an activating group) is 1. The summed E-state index contributed by atoms with van der Waals surface area (Å²) in [5.74, 6) is 0.0525. The van der Waals surface area contributed by atoms with Crippen molar-refractivity contribution in [3.63, 3.8) is 0 Å². The predicted octanol–water partition coefficient (Wildman–Crippen LogP) is 0.209. The first-order valence-electron chi connectivity index (χ1n) is 5.01. The van der Waals surface area contributed by atoms with Crippen molar-refractivity contribution >= 4 is 5.91 Å². The summed E-state index contributed by atoms with van der Waals surface area (Å²) >= 11 is 0. The molecule has 0 radical (unpaired) electrons. The average molecular weight is 210 g/mol. The summed E-state index contributed by atoms with van der Waals surface area (Å²) in [6.07, 6.45) is 3.48. The number of hydrogen-bond donors (Lipinski definition) is 1. The number of hydrogen-bond acceptors (Lipinski definition) is 3. The fourth-order valence-electron chi connectivity index (χ4n) is 1.14. The molecule has 1 heterocycles. The molecule has 0 fully saturated rings. The van der Waals surface area contributed by atoms with Gasteiger partial charge in [-0.1, -0.05) is 0 Å². The molecule has 15 heavy (non-hydrogen) atoms. The fraction of sp³-hybridized carbons (Fsp3) is 0.600. The van der Waals surface area contributed by atoms with E-state index in [9.17, 15) is 4.79 Å². The Morgan fingerprint density at radius 1 is 1.67 bits per heavy atom. The van der Waals surface area contributed by atoms with Crippen molar-refractivity contribution < 1.29 is 4.79 Å². The Balaban J connectivity index is 2.58. The van der Waals surface area contributed by atoms with Gasteiger partial charge in [0.2, 0.25) is 5.91 Å². The topological polar surface area (TPSA) is 64.2 Å². The Morgan fingerprint density at radius 3 is 2.80 bits per heavy atom. The second-order valence-corrected chi connectivity index (χ2v) is 3.85. The smallest absolute Gasteiger partial charge is 0.244 e. The summed E-state index contributed by atoms with van der Waals surface area (Å²) in [7, 11) is 1.79. The molecule has 5 nitrogen and oxygen atoms in total. The predicted molar refractivity (Wildman–Crippen MR) is 58.0 cm³/mol. The van der Waals surface area contributed by atoms with E-state index in [0.29, 0.717) is 6.54 Å². The fourth-order valence-corrected chi connectivity index (χ4v) is 1.14. The van der Waals surface area contributed by atoms with E-state index in [1.165, 1.54) is 0 Å². The summed E-state index contributed by atoms with van der Waals surface area (Å²) in [6, 6.07) is 0.210. The molecule has 0 saturated carbocycles. The first-order valence-corrected chi connectivity index (χ1v) is 5.01. The Morgan fingerprint density at radius 2 is 2.33 bits per heavy atom. The van der Waals surface area contributed by atoms with Crippen LogP contribution in [0.2, 0.25) is 0 Å². The van der Waals surface area contributed by atoms with Crippen LogP contribution in [0.15, 0.2) is 12.4 Å². The molecule has 0 aliphatic rings. The normalized spacial score (nSPS) is 10.7. The van der Waals surface area contributed by atoms with Crippen molar-refractivity contribution in [1.29, 1.82) is 0 Å². The molecule has 1 aromatic rings. The van der Waals surface area contributed by atoms with Crippen molar-refractivity contribution in [1.82, 2.24) is 14.7 Å². The Labute approximate surface area is 89.9 Å². The zero-order valence-electron chi connectivity index (χ0n) is 9.47. The van der Waals surface area contributed by atoms with Crippen molar-refractivity contribution in [3.8, 4) is 0 Å². The number of nitrogens with two attached hydrogens (primary N) is 1. The van der Waals surface area contributed by atoms with Crippen molar-refractivity contribution in [3.05, 3.63) is 18.0 Å². The number of rotatable bonds is 4. The molecule has 0 unspecified atom stereocenters.